The SMILES string of the molecule is O=C(NCC1CCCC(Br)C1)C1CCOc2ccccc21. The van der Waals surface area contributed by atoms with Crippen LogP contribution in [0.25, 0.3) is 0 Å². The highest BCUT2D eigenvalue weighted by atomic mass is 79.9. The van der Waals surface area contributed by atoms with Gasteiger partial charge in [-0.1, -0.05) is 40.5 Å². The van der Waals surface area contributed by atoms with Gasteiger partial charge in [0.2, 0.25) is 5.91 Å². The number of ether oxygens (including phenoxy) is 1. The van der Waals surface area contributed by atoms with Crippen LogP contribution in [0.1, 0.15) is 43.6 Å². The van der Waals surface area contributed by atoms with Gasteiger partial charge in [0.15, 0.2) is 0 Å². The Bertz CT molecular complexity index is 505. The summed E-state index contributed by atoms with van der Waals surface area (Å²) >= 11 is 3.70. The van der Waals surface area contributed by atoms with Crippen LogP contribution < -0.4 is 10.1 Å². The van der Waals surface area contributed by atoms with Crippen molar-refractivity contribution in [3.8, 4) is 5.75 Å². The molecule has 1 aliphatic carbocycles. The van der Waals surface area contributed by atoms with Gasteiger partial charge in [-0.3, -0.25) is 4.79 Å². The van der Waals surface area contributed by atoms with Gasteiger partial charge in [0.1, 0.15) is 5.75 Å². The smallest absolute Gasteiger partial charge is 0.227 e. The Kier molecular flexibility index (Phi) is 4.84. The topological polar surface area (TPSA) is 38.3 Å². The monoisotopic (exact) mass is 351 g/mol. The summed E-state index contributed by atoms with van der Waals surface area (Å²) in [5.74, 6) is 1.57. The van der Waals surface area contributed by atoms with Gasteiger partial charge in [-0.25, -0.2) is 0 Å². The second kappa shape index (κ2) is 6.82. The predicted molar refractivity (Wildman–Crippen MR) is 87.0 cm³/mol. The van der Waals surface area contributed by atoms with E-state index in [-0.39, 0.29) is 11.8 Å². The Morgan fingerprint density at radius 1 is 1.29 bits per heavy atom. The summed E-state index contributed by atoms with van der Waals surface area (Å²) in [5.41, 5.74) is 1.03. The van der Waals surface area contributed by atoms with Crippen LogP contribution in [-0.2, 0) is 4.79 Å². The summed E-state index contributed by atoms with van der Waals surface area (Å²) in [6.07, 6.45) is 5.69. The molecule has 3 nitrogen and oxygen atoms in total. The molecule has 1 aliphatic heterocycles. The van der Waals surface area contributed by atoms with Gasteiger partial charge in [-0.05, 0) is 37.7 Å². The summed E-state index contributed by atoms with van der Waals surface area (Å²) in [7, 11) is 0. The van der Waals surface area contributed by atoms with Gasteiger partial charge in [0.25, 0.3) is 0 Å². The Labute approximate surface area is 134 Å². The third-order valence-corrected chi connectivity index (χ3v) is 5.39. The lowest BCUT2D eigenvalue weighted by molar-refractivity contribution is -0.123. The van der Waals surface area contributed by atoms with Crippen molar-refractivity contribution in [1.82, 2.24) is 5.32 Å². The third-order valence-electron chi connectivity index (χ3n) is 4.56. The van der Waals surface area contributed by atoms with Crippen LogP contribution in [0.2, 0.25) is 0 Å². The first kappa shape index (κ1) is 14.9. The fourth-order valence-electron chi connectivity index (χ4n) is 3.39. The number of hydrogen-bond acceptors (Lipinski definition) is 2. The van der Waals surface area contributed by atoms with Crippen molar-refractivity contribution in [2.75, 3.05) is 13.2 Å². The highest BCUT2D eigenvalue weighted by Gasteiger charge is 2.28. The minimum Gasteiger partial charge on any atom is -0.493 e. The molecule has 0 bridgehead atoms. The molecule has 3 unspecified atom stereocenters. The number of amides is 1. The molecule has 3 rings (SSSR count). The maximum absolute atomic E-state index is 12.5. The van der Waals surface area contributed by atoms with E-state index in [1.165, 1.54) is 25.7 Å². The maximum Gasteiger partial charge on any atom is 0.227 e. The number of alkyl halides is 1. The van der Waals surface area contributed by atoms with Crippen LogP contribution in [0.4, 0.5) is 0 Å². The molecule has 4 heteroatoms. The zero-order valence-electron chi connectivity index (χ0n) is 12.2. The molecule has 0 aromatic heterocycles. The van der Waals surface area contributed by atoms with Gasteiger partial charge >= 0.3 is 0 Å². The molecule has 1 aromatic carbocycles. The normalized spacial score (nSPS) is 28.3. The summed E-state index contributed by atoms with van der Waals surface area (Å²) in [5, 5.41) is 3.17. The van der Waals surface area contributed by atoms with E-state index in [1.807, 2.05) is 24.3 Å². The molecule has 1 saturated carbocycles. The number of rotatable bonds is 3. The minimum absolute atomic E-state index is 0.0571. The average molecular weight is 352 g/mol. The van der Waals surface area contributed by atoms with Crippen molar-refractivity contribution < 1.29 is 9.53 Å². The van der Waals surface area contributed by atoms with E-state index in [4.69, 9.17) is 4.74 Å². The van der Waals surface area contributed by atoms with E-state index in [2.05, 4.69) is 21.2 Å². The van der Waals surface area contributed by atoms with E-state index in [0.29, 0.717) is 17.4 Å². The van der Waals surface area contributed by atoms with E-state index >= 15 is 0 Å². The number of hydrogen-bond donors (Lipinski definition) is 1. The molecular formula is C17H22BrNO2. The lowest BCUT2D eigenvalue weighted by Crippen LogP contribution is -2.36. The predicted octanol–water partition coefficient (Wildman–Crippen LogP) is 3.62. The third kappa shape index (κ3) is 3.60. The van der Waals surface area contributed by atoms with Gasteiger partial charge in [-0.2, -0.15) is 0 Å². The van der Waals surface area contributed by atoms with Crippen LogP contribution in [0, 0.1) is 5.92 Å². The Hall–Kier alpha value is -1.03. The molecule has 0 radical (unpaired) electrons. The van der Waals surface area contributed by atoms with E-state index in [1.54, 1.807) is 0 Å². The molecule has 0 saturated heterocycles. The Balaban J connectivity index is 1.59. The highest BCUT2D eigenvalue weighted by Crippen LogP contribution is 2.34. The molecule has 1 N–H and O–H groups in total. The van der Waals surface area contributed by atoms with Gasteiger partial charge < -0.3 is 10.1 Å². The first-order valence-corrected chi connectivity index (χ1v) is 8.79. The van der Waals surface area contributed by atoms with Crippen molar-refractivity contribution in [3.05, 3.63) is 29.8 Å². The second-order valence-corrected chi connectivity index (χ2v) is 7.40. The van der Waals surface area contributed by atoms with Crippen molar-refractivity contribution in [3.63, 3.8) is 0 Å². The molecule has 1 heterocycles. The second-order valence-electron chi connectivity index (χ2n) is 6.10. The number of fused-ring (bicyclic) bond motifs is 1. The van der Waals surface area contributed by atoms with E-state index in [0.717, 1.165) is 24.3 Å². The maximum atomic E-state index is 12.5. The van der Waals surface area contributed by atoms with Gasteiger partial charge in [-0.15, -0.1) is 0 Å². The zero-order valence-corrected chi connectivity index (χ0v) is 13.8. The fraction of sp³-hybridized carbons (Fsp3) is 0.588. The fourth-order valence-corrected chi connectivity index (χ4v) is 4.25. The molecule has 21 heavy (non-hydrogen) atoms. The number of carbonyl (C=O) groups is 1. The molecule has 0 spiro atoms. The number of para-hydroxylation sites is 1. The van der Waals surface area contributed by atoms with Crippen LogP contribution in [0.15, 0.2) is 24.3 Å². The Morgan fingerprint density at radius 3 is 3.00 bits per heavy atom. The van der Waals surface area contributed by atoms with E-state index < -0.39 is 0 Å². The van der Waals surface area contributed by atoms with Crippen molar-refractivity contribution >= 4 is 21.8 Å². The summed E-state index contributed by atoms with van der Waals surface area (Å²) in [4.78, 5) is 13.1. The molecule has 2 aliphatic rings. The standard InChI is InChI=1S/C17H22BrNO2/c18-13-5-3-4-12(10-13)11-19-17(20)15-8-9-21-16-7-2-1-6-14(15)16/h1-2,6-7,12-13,15H,3-5,8-11H2,(H,19,20). The average Bonchev–Trinajstić information content (AvgIpc) is 2.52. The van der Waals surface area contributed by atoms with Crippen molar-refractivity contribution in [2.45, 2.75) is 42.8 Å². The number of halogens is 1. The molecule has 114 valence electrons. The molecule has 1 amide bonds. The van der Waals surface area contributed by atoms with Gasteiger partial charge in [0, 0.05) is 16.9 Å². The quantitative estimate of drug-likeness (QED) is 0.844. The lowest BCUT2D eigenvalue weighted by Gasteiger charge is -2.28. The van der Waals surface area contributed by atoms with Gasteiger partial charge in [0.05, 0.1) is 12.5 Å². The highest BCUT2D eigenvalue weighted by molar-refractivity contribution is 9.09. The van der Waals surface area contributed by atoms with Crippen LogP contribution in [-0.4, -0.2) is 23.9 Å². The largest absolute Gasteiger partial charge is 0.493 e. The van der Waals surface area contributed by atoms with Crippen LogP contribution in [0.3, 0.4) is 0 Å². The first-order chi connectivity index (χ1) is 10.2. The van der Waals surface area contributed by atoms with Crippen molar-refractivity contribution in [2.24, 2.45) is 5.92 Å². The summed E-state index contributed by atoms with van der Waals surface area (Å²) in [6, 6.07) is 7.89. The minimum atomic E-state index is -0.0571. The number of carbonyl (C=O) groups excluding carboxylic acids is 1. The number of benzene rings is 1. The molecule has 3 atom stereocenters. The van der Waals surface area contributed by atoms with E-state index in [9.17, 15) is 4.79 Å². The Morgan fingerprint density at radius 2 is 2.14 bits per heavy atom. The first-order valence-electron chi connectivity index (χ1n) is 7.87. The molecule has 1 fully saturated rings. The summed E-state index contributed by atoms with van der Waals surface area (Å²) in [6.45, 7) is 1.43. The van der Waals surface area contributed by atoms with Crippen molar-refractivity contribution in [1.29, 1.82) is 0 Å². The lowest BCUT2D eigenvalue weighted by atomic mass is 9.88. The van der Waals surface area contributed by atoms with Crippen LogP contribution >= 0.6 is 15.9 Å². The number of nitrogens with one attached hydrogen (secondary N) is 1. The van der Waals surface area contributed by atoms with Crippen LogP contribution in [0.5, 0.6) is 5.75 Å². The zero-order chi connectivity index (χ0) is 14.7. The molecular weight excluding hydrogens is 330 g/mol. The molecule has 1 aromatic rings. The summed E-state index contributed by atoms with van der Waals surface area (Å²) < 4.78 is 5.63.